The fourth-order valence-corrected chi connectivity index (χ4v) is 2.64. The van der Waals surface area contributed by atoms with Crippen LogP contribution in [0.3, 0.4) is 0 Å². The van der Waals surface area contributed by atoms with Crippen molar-refractivity contribution in [3.05, 3.63) is 0 Å². The molecule has 0 atom stereocenters. The zero-order valence-corrected chi connectivity index (χ0v) is 19.2. The lowest BCUT2D eigenvalue weighted by Crippen LogP contribution is -2.69. The maximum absolute atomic E-state index is 13.4. The van der Waals surface area contributed by atoms with Gasteiger partial charge in [-0.25, -0.2) is 17.6 Å². The van der Waals surface area contributed by atoms with Gasteiger partial charge in [0.25, 0.3) is 0 Å². The van der Waals surface area contributed by atoms with Crippen molar-refractivity contribution in [2.24, 2.45) is 0 Å². The fourth-order valence-electron chi connectivity index (χ4n) is 2.03. The van der Waals surface area contributed by atoms with Crippen LogP contribution in [0.2, 0.25) is 0 Å². The first kappa shape index (κ1) is 40.6. The number of hydrogen-bond acceptors (Lipinski definition) is 3. The molecule has 0 amide bonds. The Labute approximate surface area is 214 Å². The summed E-state index contributed by atoms with van der Waals surface area (Å²) in [6.07, 6.45) is -11.8. The predicted octanol–water partition coefficient (Wildman–Crippen LogP) is 7.49. The summed E-state index contributed by atoms with van der Waals surface area (Å²) in [5, 5.41) is 0. The highest BCUT2D eigenvalue weighted by Gasteiger charge is 2.89. The zero-order chi connectivity index (χ0) is 34.6. The third-order valence-electron chi connectivity index (χ3n) is 4.58. The summed E-state index contributed by atoms with van der Waals surface area (Å²) in [5.41, 5.74) is 0. The molecular formula is C14H6F24O3P-. The van der Waals surface area contributed by atoms with Gasteiger partial charge in [0, 0.05) is 0 Å². The molecule has 0 saturated carbocycles. The van der Waals surface area contributed by atoms with Crippen molar-refractivity contribution in [2.45, 2.75) is 72.1 Å². The Morgan fingerprint density at radius 2 is 0.619 bits per heavy atom. The molecule has 0 N–H and O–H groups in total. The minimum atomic E-state index is -8.18. The lowest BCUT2D eigenvalue weighted by atomic mass is 9.95. The Hall–Kier alpha value is -1.37. The summed E-state index contributed by atoms with van der Waals surface area (Å²) in [5.74, 6) is -77.4. The van der Waals surface area contributed by atoms with Crippen LogP contribution in [0.25, 0.3) is 0 Å². The maximum Gasteiger partial charge on any atom is 0.384 e. The lowest BCUT2D eigenvalue weighted by molar-refractivity contribution is -0.415. The molecular weight excluding hydrogens is 703 g/mol. The Morgan fingerprint density at radius 3 is 0.810 bits per heavy atom. The Morgan fingerprint density at radius 1 is 0.405 bits per heavy atom. The van der Waals surface area contributed by atoms with Gasteiger partial charge in [0.05, 0.1) is 8.60 Å². The maximum atomic E-state index is 13.4. The molecule has 42 heavy (non-hydrogen) atoms. The van der Waals surface area contributed by atoms with E-state index in [2.05, 4.69) is 9.05 Å². The predicted molar refractivity (Wildman–Crippen MR) is 80.3 cm³/mol. The second-order valence-corrected chi connectivity index (χ2v) is 8.44. The second kappa shape index (κ2) is 11.5. The van der Waals surface area contributed by atoms with Crippen LogP contribution in [0.4, 0.5) is 105 Å². The molecule has 3 nitrogen and oxygen atoms in total. The molecule has 0 fully saturated rings. The lowest BCUT2D eigenvalue weighted by Gasteiger charge is -2.40. The summed E-state index contributed by atoms with van der Waals surface area (Å²) < 4.78 is 316. The SMILES string of the molecule is [O-]P(OCC(F)(F)C(F)(F)C(F)(F)C(F)(F)C(F)(F)C(F)F)OCC(F)(F)C(F)(F)C(F)(F)C(F)(F)C(F)(F)C(F)F. The Balaban J connectivity index is 5.88. The van der Waals surface area contributed by atoms with Crippen molar-refractivity contribution in [1.29, 1.82) is 0 Å². The van der Waals surface area contributed by atoms with Crippen molar-refractivity contribution in [3.63, 3.8) is 0 Å². The minimum absolute atomic E-state index is 2.79. The molecule has 0 rings (SSSR count). The van der Waals surface area contributed by atoms with E-state index in [1.54, 1.807) is 0 Å². The van der Waals surface area contributed by atoms with Crippen LogP contribution < -0.4 is 4.89 Å². The van der Waals surface area contributed by atoms with Gasteiger partial charge in [0.15, 0.2) is 0 Å². The van der Waals surface area contributed by atoms with E-state index in [0.717, 1.165) is 0 Å². The van der Waals surface area contributed by atoms with Gasteiger partial charge in [-0.3, -0.25) is 0 Å². The van der Waals surface area contributed by atoms with Gasteiger partial charge in [-0.1, -0.05) is 0 Å². The van der Waals surface area contributed by atoms with Crippen molar-refractivity contribution >= 4 is 8.60 Å². The van der Waals surface area contributed by atoms with Crippen LogP contribution in [0.15, 0.2) is 0 Å². The van der Waals surface area contributed by atoms with Gasteiger partial charge in [-0.15, -0.1) is 0 Å². The Kier molecular flexibility index (Phi) is 11.2. The smallest absolute Gasteiger partial charge is 0.384 e. The molecule has 0 aromatic heterocycles. The van der Waals surface area contributed by atoms with E-state index >= 15 is 0 Å². The highest BCUT2D eigenvalue weighted by molar-refractivity contribution is 7.39. The molecule has 0 aliphatic carbocycles. The number of rotatable bonds is 16. The average Bonchev–Trinajstić information content (AvgIpc) is 2.80. The number of hydrogen-bond donors (Lipinski definition) is 0. The molecule has 28 heteroatoms. The fraction of sp³-hybridized carbons (Fsp3) is 1.00. The highest BCUT2D eigenvalue weighted by Crippen LogP contribution is 2.60. The van der Waals surface area contributed by atoms with E-state index in [1.807, 2.05) is 0 Å². The van der Waals surface area contributed by atoms with E-state index in [0.29, 0.717) is 0 Å². The molecule has 0 radical (unpaired) electrons. The van der Waals surface area contributed by atoms with Crippen molar-refractivity contribution in [1.82, 2.24) is 0 Å². The van der Waals surface area contributed by atoms with Gasteiger partial charge in [-0.2, -0.15) is 87.8 Å². The highest BCUT2D eigenvalue weighted by atomic mass is 31.2. The molecule has 0 aliphatic heterocycles. The van der Waals surface area contributed by atoms with Crippen molar-refractivity contribution in [3.8, 4) is 0 Å². The van der Waals surface area contributed by atoms with Crippen LogP contribution >= 0.6 is 8.60 Å². The van der Waals surface area contributed by atoms with Gasteiger partial charge in [0.2, 0.25) is 0 Å². The molecule has 254 valence electrons. The average molecular weight is 709 g/mol. The molecule has 0 aliphatic rings. The largest absolute Gasteiger partial charge is 0.786 e. The first-order valence-electron chi connectivity index (χ1n) is 9.06. The topological polar surface area (TPSA) is 41.5 Å². The molecule has 0 aromatic rings. The van der Waals surface area contributed by atoms with E-state index in [-0.39, 0.29) is 0 Å². The van der Waals surface area contributed by atoms with Gasteiger partial charge < -0.3 is 13.9 Å². The van der Waals surface area contributed by atoms with Crippen LogP contribution in [0.1, 0.15) is 0 Å². The zero-order valence-electron chi connectivity index (χ0n) is 18.3. The van der Waals surface area contributed by atoms with Crippen LogP contribution in [0, 0.1) is 0 Å². The van der Waals surface area contributed by atoms with Crippen molar-refractivity contribution < 1.29 is 119 Å². The first-order chi connectivity index (χ1) is 18.0. The molecule has 0 saturated heterocycles. The molecule has 0 unspecified atom stereocenters. The quantitative estimate of drug-likeness (QED) is 0.123. The summed E-state index contributed by atoms with van der Waals surface area (Å²) in [4.78, 5) is 11.0. The molecule has 0 spiro atoms. The van der Waals surface area contributed by atoms with Gasteiger partial charge >= 0.3 is 72.1 Å². The van der Waals surface area contributed by atoms with Gasteiger partial charge in [0.1, 0.15) is 13.2 Å². The summed E-state index contributed by atoms with van der Waals surface area (Å²) in [7, 11) is -5.27. The molecule has 0 aromatic carbocycles. The second-order valence-electron chi connectivity index (χ2n) is 7.47. The monoisotopic (exact) mass is 709 g/mol. The number of halogens is 24. The third-order valence-corrected chi connectivity index (χ3v) is 5.26. The molecule has 0 bridgehead atoms. The van der Waals surface area contributed by atoms with Crippen LogP contribution in [-0.2, 0) is 9.05 Å². The standard InChI is InChI=1S/C14H6F24O3P/c15-3(16)7(23,24)11(31,32)13(35,36)9(27,28)5(19,20)1-40-42(39)41-2-6(21,22)10(29,30)14(37,38)12(33,34)8(25,26)4(17)18/h3-4H,1-2H2/q-1. The van der Waals surface area contributed by atoms with E-state index in [9.17, 15) is 110 Å². The van der Waals surface area contributed by atoms with Gasteiger partial charge in [-0.05, 0) is 0 Å². The molecule has 0 heterocycles. The summed E-state index contributed by atoms with van der Waals surface area (Å²) >= 11 is 0. The summed E-state index contributed by atoms with van der Waals surface area (Å²) in [6.45, 7) is -7.67. The van der Waals surface area contributed by atoms with E-state index in [1.165, 1.54) is 0 Å². The number of alkyl halides is 24. The normalized spacial score (nSPS) is 16.3. The third kappa shape index (κ3) is 6.11. The summed E-state index contributed by atoms with van der Waals surface area (Å²) in [6, 6.07) is 0. The minimum Gasteiger partial charge on any atom is -0.786 e. The first-order valence-corrected chi connectivity index (χ1v) is 10.2. The van der Waals surface area contributed by atoms with Crippen LogP contribution in [0.5, 0.6) is 0 Å². The van der Waals surface area contributed by atoms with E-state index < -0.39 is 93.9 Å². The van der Waals surface area contributed by atoms with E-state index in [4.69, 9.17) is 0 Å². The van der Waals surface area contributed by atoms with Crippen LogP contribution in [-0.4, -0.2) is 85.3 Å². The van der Waals surface area contributed by atoms with Crippen molar-refractivity contribution in [2.75, 3.05) is 13.2 Å². The Bertz CT molecular complexity index is 846.